The topological polar surface area (TPSA) is 64.5 Å². The molecule has 0 aromatic carbocycles. The van der Waals surface area contributed by atoms with Crippen molar-refractivity contribution in [2.24, 2.45) is 5.92 Å². The predicted octanol–water partition coefficient (Wildman–Crippen LogP) is 2.75. The van der Waals surface area contributed by atoms with Crippen LogP contribution in [0.2, 0.25) is 0 Å². The van der Waals surface area contributed by atoms with Gasteiger partial charge in [0.2, 0.25) is 0 Å². The number of rotatable bonds is 6. The third kappa shape index (κ3) is 4.29. The molecule has 6 nitrogen and oxygen atoms in total. The van der Waals surface area contributed by atoms with Crippen LogP contribution in [-0.2, 0) is 0 Å². The fourth-order valence-corrected chi connectivity index (χ4v) is 4.71. The lowest BCUT2D eigenvalue weighted by atomic mass is 9.75. The zero-order chi connectivity index (χ0) is 18.6. The monoisotopic (exact) mass is 361 g/mol. The van der Waals surface area contributed by atoms with Crippen LogP contribution in [0.15, 0.2) is 12.4 Å². The molecule has 3 rings (SSSR count). The smallest absolute Gasteiger partial charge is 0.134 e. The van der Waals surface area contributed by atoms with Crippen molar-refractivity contribution in [1.29, 1.82) is 0 Å². The van der Waals surface area contributed by atoms with Crippen molar-refractivity contribution >= 4 is 11.6 Å². The van der Waals surface area contributed by atoms with Gasteiger partial charge in [-0.25, -0.2) is 9.97 Å². The van der Waals surface area contributed by atoms with E-state index in [4.69, 9.17) is 0 Å². The minimum absolute atomic E-state index is 0.179. The summed E-state index contributed by atoms with van der Waals surface area (Å²) >= 11 is 0. The molecule has 1 aliphatic heterocycles. The van der Waals surface area contributed by atoms with Gasteiger partial charge in [0.15, 0.2) is 0 Å². The second-order valence-corrected chi connectivity index (χ2v) is 8.46. The highest BCUT2D eigenvalue weighted by Crippen LogP contribution is 2.36. The molecule has 2 heterocycles. The molecule has 0 bridgehead atoms. The maximum Gasteiger partial charge on any atom is 0.134 e. The molecule has 0 amide bonds. The number of hydrogen-bond donors (Lipinski definition) is 2. The number of aliphatic hydroxyl groups excluding tert-OH is 1. The summed E-state index contributed by atoms with van der Waals surface area (Å²) in [6, 6.07) is 2.22. The van der Waals surface area contributed by atoms with E-state index >= 15 is 0 Å². The van der Waals surface area contributed by atoms with Crippen molar-refractivity contribution in [2.75, 3.05) is 44.0 Å². The first-order valence-corrected chi connectivity index (χ1v) is 10.1. The van der Waals surface area contributed by atoms with E-state index in [1.165, 1.54) is 32.1 Å². The molecular weight excluding hydrogens is 326 g/mol. The van der Waals surface area contributed by atoms with Gasteiger partial charge in [0.1, 0.15) is 18.0 Å². The Labute approximate surface area is 158 Å². The number of nitrogens with one attached hydrogen (secondary N) is 1. The summed E-state index contributed by atoms with van der Waals surface area (Å²) in [6.07, 6.45) is 10.1. The van der Waals surface area contributed by atoms with Crippen LogP contribution in [0, 0.1) is 5.92 Å². The van der Waals surface area contributed by atoms with Crippen LogP contribution in [-0.4, -0.2) is 65.3 Å². The molecule has 1 aliphatic carbocycles. The van der Waals surface area contributed by atoms with E-state index in [0.717, 1.165) is 43.5 Å². The van der Waals surface area contributed by atoms with Crippen LogP contribution in [0.5, 0.6) is 0 Å². The van der Waals surface area contributed by atoms with Crippen molar-refractivity contribution in [3.8, 4) is 0 Å². The van der Waals surface area contributed by atoms with Gasteiger partial charge < -0.3 is 20.2 Å². The van der Waals surface area contributed by atoms with E-state index in [9.17, 15) is 5.11 Å². The average Bonchev–Trinajstić information content (AvgIpc) is 2.66. The summed E-state index contributed by atoms with van der Waals surface area (Å²) < 4.78 is 0. The van der Waals surface area contributed by atoms with Gasteiger partial charge in [0.25, 0.3) is 0 Å². The number of anilines is 2. The van der Waals surface area contributed by atoms with Gasteiger partial charge >= 0.3 is 0 Å². The molecule has 0 spiro atoms. The zero-order valence-corrected chi connectivity index (χ0v) is 16.6. The maximum atomic E-state index is 9.68. The van der Waals surface area contributed by atoms with Gasteiger partial charge in [-0.1, -0.05) is 19.8 Å². The third-order valence-corrected chi connectivity index (χ3v) is 6.40. The number of likely N-dealkylation sites (N-methyl/N-ethyl adjacent to an activating group) is 1. The molecule has 146 valence electrons. The van der Waals surface area contributed by atoms with Crippen LogP contribution in [0.25, 0.3) is 0 Å². The number of nitrogens with zero attached hydrogens (tertiary/aromatic N) is 4. The molecule has 1 aromatic rings. The van der Waals surface area contributed by atoms with Crippen LogP contribution in [0.1, 0.15) is 51.9 Å². The van der Waals surface area contributed by atoms with Gasteiger partial charge in [0, 0.05) is 24.7 Å². The average molecular weight is 362 g/mol. The second-order valence-electron chi connectivity index (χ2n) is 8.46. The minimum Gasteiger partial charge on any atom is -0.394 e. The molecule has 1 saturated carbocycles. The Hall–Kier alpha value is -1.40. The largest absolute Gasteiger partial charge is 0.394 e. The molecule has 0 radical (unpaired) electrons. The van der Waals surface area contributed by atoms with Gasteiger partial charge in [-0.05, 0) is 52.1 Å². The van der Waals surface area contributed by atoms with Gasteiger partial charge in [-0.3, -0.25) is 0 Å². The minimum atomic E-state index is 0.179. The highest BCUT2D eigenvalue weighted by atomic mass is 16.3. The summed E-state index contributed by atoms with van der Waals surface area (Å²) in [6.45, 7) is 4.42. The van der Waals surface area contributed by atoms with E-state index in [0.29, 0.717) is 0 Å². The first-order valence-electron chi connectivity index (χ1n) is 10.1. The number of hydrogen-bond acceptors (Lipinski definition) is 6. The fraction of sp³-hybridized carbons (Fsp3) is 0.800. The Bertz CT molecular complexity index is 581. The first-order chi connectivity index (χ1) is 12.5. The van der Waals surface area contributed by atoms with Crippen molar-refractivity contribution in [1.82, 2.24) is 14.9 Å². The lowest BCUT2D eigenvalue weighted by molar-refractivity contribution is 0.0881. The Morgan fingerprint density at radius 2 is 2.12 bits per heavy atom. The predicted molar refractivity (Wildman–Crippen MR) is 107 cm³/mol. The van der Waals surface area contributed by atoms with Crippen LogP contribution >= 0.6 is 0 Å². The Morgan fingerprint density at radius 3 is 2.85 bits per heavy atom. The highest BCUT2D eigenvalue weighted by Gasteiger charge is 2.36. The quantitative estimate of drug-likeness (QED) is 0.812. The molecule has 2 aliphatic rings. The lowest BCUT2D eigenvalue weighted by Crippen LogP contribution is -2.52. The fourth-order valence-electron chi connectivity index (χ4n) is 4.71. The van der Waals surface area contributed by atoms with E-state index in [2.05, 4.69) is 46.1 Å². The zero-order valence-electron chi connectivity index (χ0n) is 16.6. The Balaban J connectivity index is 1.70. The summed E-state index contributed by atoms with van der Waals surface area (Å²) in [5, 5.41) is 13.3. The van der Waals surface area contributed by atoms with Crippen LogP contribution in [0.3, 0.4) is 0 Å². The lowest BCUT2D eigenvalue weighted by Gasteiger charge is -2.45. The number of piperidine rings is 1. The third-order valence-electron chi connectivity index (χ3n) is 6.40. The molecule has 3 atom stereocenters. The summed E-state index contributed by atoms with van der Waals surface area (Å²) in [4.78, 5) is 13.6. The first kappa shape index (κ1) is 19.4. The normalized spacial score (nSPS) is 29.8. The maximum absolute atomic E-state index is 9.68. The SMILES string of the molecule is CC1CCCC(CNc2cc(N3CCCCC3CO)ncn2)(N(C)C)C1. The van der Waals surface area contributed by atoms with Crippen LogP contribution in [0.4, 0.5) is 11.6 Å². The van der Waals surface area contributed by atoms with Gasteiger partial charge in [0.05, 0.1) is 12.6 Å². The summed E-state index contributed by atoms with van der Waals surface area (Å²) in [5.74, 6) is 2.58. The van der Waals surface area contributed by atoms with Gasteiger partial charge in [-0.15, -0.1) is 0 Å². The van der Waals surface area contributed by atoms with Crippen molar-refractivity contribution in [3.05, 3.63) is 12.4 Å². The molecular formula is C20H35N5O. The number of aromatic nitrogens is 2. The Morgan fingerprint density at radius 1 is 1.27 bits per heavy atom. The van der Waals surface area contributed by atoms with E-state index in [-0.39, 0.29) is 18.2 Å². The highest BCUT2D eigenvalue weighted by molar-refractivity contribution is 5.49. The molecule has 2 fully saturated rings. The van der Waals surface area contributed by atoms with E-state index in [1.54, 1.807) is 6.33 Å². The van der Waals surface area contributed by atoms with Crippen molar-refractivity contribution in [2.45, 2.75) is 63.5 Å². The molecule has 1 aromatic heterocycles. The van der Waals surface area contributed by atoms with Crippen molar-refractivity contribution < 1.29 is 5.11 Å². The Kier molecular flexibility index (Phi) is 6.35. The molecule has 3 unspecified atom stereocenters. The van der Waals surface area contributed by atoms with Gasteiger partial charge in [-0.2, -0.15) is 0 Å². The summed E-state index contributed by atoms with van der Waals surface area (Å²) in [5.41, 5.74) is 0.196. The summed E-state index contributed by atoms with van der Waals surface area (Å²) in [7, 11) is 4.40. The van der Waals surface area contributed by atoms with Crippen LogP contribution < -0.4 is 10.2 Å². The molecule has 6 heteroatoms. The molecule has 1 saturated heterocycles. The number of aliphatic hydroxyl groups is 1. The standard InChI is InChI=1S/C20H35N5O/c1-16-7-6-9-20(12-16,24(2)3)14-21-18-11-19(23-15-22-18)25-10-5-4-8-17(25)13-26/h11,15-17,26H,4-10,12-14H2,1-3H3,(H,21,22,23). The van der Waals surface area contributed by atoms with E-state index < -0.39 is 0 Å². The molecule has 2 N–H and O–H groups in total. The van der Waals surface area contributed by atoms with Crippen molar-refractivity contribution in [3.63, 3.8) is 0 Å². The molecule has 26 heavy (non-hydrogen) atoms. The van der Waals surface area contributed by atoms with E-state index in [1.807, 2.05) is 6.07 Å². The second kappa shape index (κ2) is 8.53.